The van der Waals surface area contributed by atoms with Crippen LogP contribution in [-0.2, 0) is 23.7 Å². The molecule has 1 saturated carbocycles. The van der Waals surface area contributed by atoms with Gasteiger partial charge in [-0.3, -0.25) is 4.79 Å². The predicted molar refractivity (Wildman–Crippen MR) is 131 cm³/mol. The van der Waals surface area contributed by atoms with Crippen LogP contribution in [0.1, 0.15) is 55.3 Å². The van der Waals surface area contributed by atoms with E-state index in [2.05, 4.69) is 0 Å². The van der Waals surface area contributed by atoms with Gasteiger partial charge in [0.1, 0.15) is 24.6 Å². The number of benzene rings is 2. The molecule has 2 unspecified atom stereocenters. The summed E-state index contributed by atoms with van der Waals surface area (Å²) in [5.41, 5.74) is 0.525. The van der Waals surface area contributed by atoms with Crippen LogP contribution in [0.3, 0.4) is 0 Å². The quantitative estimate of drug-likeness (QED) is 0.433. The number of ether oxygens (including phenoxy) is 5. The molecule has 0 bridgehead atoms. The Bertz CT molecular complexity index is 989. The van der Waals surface area contributed by atoms with Gasteiger partial charge in [-0.25, -0.2) is 4.79 Å². The molecule has 36 heavy (non-hydrogen) atoms. The highest BCUT2D eigenvalue weighted by atomic mass is 16.7. The Hall–Kier alpha value is -2.90. The van der Waals surface area contributed by atoms with E-state index in [-0.39, 0.29) is 48.4 Å². The first kappa shape index (κ1) is 24.8. The van der Waals surface area contributed by atoms with Crippen LogP contribution in [0.2, 0.25) is 0 Å². The molecule has 0 spiro atoms. The van der Waals surface area contributed by atoms with Crippen LogP contribution in [0.25, 0.3) is 0 Å². The highest BCUT2D eigenvalue weighted by Crippen LogP contribution is 2.45. The molecule has 6 atom stereocenters. The van der Waals surface area contributed by atoms with E-state index < -0.39 is 0 Å². The van der Waals surface area contributed by atoms with Gasteiger partial charge in [0.2, 0.25) is 0 Å². The summed E-state index contributed by atoms with van der Waals surface area (Å²) in [5, 5.41) is 0. The average Bonchev–Trinajstić information content (AvgIpc) is 3.42. The summed E-state index contributed by atoms with van der Waals surface area (Å²) in [7, 11) is 0. The second-order valence-electron chi connectivity index (χ2n) is 9.86. The van der Waals surface area contributed by atoms with Crippen LogP contribution < -0.4 is 4.74 Å². The van der Waals surface area contributed by atoms with Crippen LogP contribution >= 0.6 is 0 Å². The molecule has 2 aromatic carbocycles. The summed E-state index contributed by atoms with van der Waals surface area (Å²) in [6, 6.07) is 18.7. The van der Waals surface area contributed by atoms with Crippen LogP contribution in [0.5, 0.6) is 5.75 Å². The van der Waals surface area contributed by atoms with E-state index >= 15 is 0 Å². The number of carbonyl (C=O) groups excluding carboxylic acids is 2. The lowest BCUT2D eigenvalue weighted by Crippen LogP contribution is -2.33. The summed E-state index contributed by atoms with van der Waals surface area (Å²) in [6.45, 7) is 1.11. The lowest BCUT2D eigenvalue weighted by molar-refractivity contribution is -0.195. The van der Waals surface area contributed by atoms with Gasteiger partial charge < -0.3 is 23.7 Å². The number of esters is 2. The lowest BCUT2D eigenvalue weighted by Gasteiger charge is -2.29. The highest BCUT2D eigenvalue weighted by Gasteiger charge is 2.51. The van der Waals surface area contributed by atoms with E-state index in [0.717, 1.165) is 31.4 Å². The van der Waals surface area contributed by atoms with Gasteiger partial charge in [0.25, 0.3) is 0 Å². The Kier molecular flexibility index (Phi) is 8.18. The van der Waals surface area contributed by atoms with E-state index in [9.17, 15) is 9.59 Å². The lowest BCUT2D eigenvalue weighted by atomic mass is 9.87. The number of carbonyl (C=O) groups is 2. The Balaban J connectivity index is 1.25. The smallest absolute Gasteiger partial charge is 0.338 e. The fraction of sp³-hybridized carbons (Fsp3) is 0.517. The van der Waals surface area contributed by atoms with E-state index in [1.54, 1.807) is 12.1 Å². The fourth-order valence-electron chi connectivity index (χ4n) is 5.58. The minimum absolute atomic E-state index is 0.0178. The SMILES string of the molecule is O=C1C[C@@H]2[C@@H](CCC(COc3ccccc3)OC3CCCCO3)[C@H](OC(=O)c3ccccc3)C[C@@H]2O1. The second kappa shape index (κ2) is 11.9. The van der Waals surface area contributed by atoms with Crippen molar-refractivity contribution < 1.29 is 33.3 Å². The summed E-state index contributed by atoms with van der Waals surface area (Å²) in [5.74, 6) is 0.351. The molecule has 0 radical (unpaired) electrons. The summed E-state index contributed by atoms with van der Waals surface area (Å²) >= 11 is 0. The summed E-state index contributed by atoms with van der Waals surface area (Å²) in [4.78, 5) is 24.8. The first-order valence-electron chi connectivity index (χ1n) is 13.1. The number of hydrogen-bond acceptors (Lipinski definition) is 7. The van der Waals surface area contributed by atoms with Crippen molar-refractivity contribution >= 4 is 11.9 Å². The number of hydrogen-bond donors (Lipinski definition) is 0. The topological polar surface area (TPSA) is 80.3 Å². The minimum Gasteiger partial charge on any atom is -0.491 e. The monoisotopic (exact) mass is 494 g/mol. The van der Waals surface area contributed by atoms with Crippen molar-refractivity contribution in [2.75, 3.05) is 13.2 Å². The first-order valence-corrected chi connectivity index (χ1v) is 13.1. The maximum absolute atomic E-state index is 12.8. The van der Waals surface area contributed by atoms with Crippen molar-refractivity contribution in [2.24, 2.45) is 11.8 Å². The Morgan fingerprint density at radius 2 is 1.81 bits per heavy atom. The maximum Gasteiger partial charge on any atom is 0.338 e. The van der Waals surface area contributed by atoms with Crippen LogP contribution in [0, 0.1) is 11.8 Å². The summed E-state index contributed by atoms with van der Waals surface area (Å²) in [6.07, 6.45) is 4.44. The van der Waals surface area contributed by atoms with Crippen LogP contribution in [-0.4, -0.2) is 49.8 Å². The normalized spacial score (nSPS) is 28.2. The van der Waals surface area contributed by atoms with Crippen LogP contribution in [0.15, 0.2) is 60.7 Å². The number of para-hydroxylation sites is 1. The summed E-state index contributed by atoms with van der Waals surface area (Å²) < 4.78 is 29.7. The van der Waals surface area contributed by atoms with Crippen LogP contribution in [0.4, 0.5) is 0 Å². The molecule has 0 amide bonds. The van der Waals surface area contributed by atoms with Gasteiger partial charge >= 0.3 is 11.9 Å². The predicted octanol–water partition coefficient (Wildman–Crippen LogP) is 4.93. The van der Waals surface area contributed by atoms with E-state index in [0.29, 0.717) is 38.0 Å². The van der Waals surface area contributed by atoms with Gasteiger partial charge in [-0.05, 0) is 56.4 Å². The molecule has 3 fully saturated rings. The van der Waals surface area contributed by atoms with Crippen molar-refractivity contribution in [3.8, 4) is 5.75 Å². The zero-order chi connectivity index (χ0) is 24.7. The molecule has 3 aliphatic rings. The van der Waals surface area contributed by atoms with Gasteiger partial charge in [0.15, 0.2) is 6.29 Å². The molecule has 0 aromatic heterocycles. The molecule has 192 valence electrons. The molecule has 2 saturated heterocycles. The van der Waals surface area contributed by atoms with Crippen molar-refractivity contribution in [3.63, 3.8) is 0 Å². The van der Waals surface area contributed by atoms with Gasteiger partial charge in [0, 0.05) is 24.9 Å². The van der Waals surface area contributed by atoms with Crippen molar-refractivity contribution in [3.05, 3.63) is 66.2 Å². The molecular weight excluding hydrogens is 460 g/mol. The molecule has 7 nitrogen and oxygen atoms in total. The number of fused-ring (bicyclic) bond motifs is 1. The van der Waals surface area contributed by atoms with Gasteiger partial charge in [0.05, 0.1) is 18.1 Å². The first-order chi connectivity index (χ1) is 17.7. The third-order valence-electron chi connectivity index (χ3n) is 7.41. The third kappa shape index (κ3) is 6.26. The average molecular weight is 495 g/mol. The molecule has 1 aliphatic carbocycles. The van der Waals surface area contributed by atoms with Gasteiger partial charge in [-0.15, -0.1) is 0 Å². The third-order valence-corrected chi connectivity index (χ3v) is 7.41. The largest absolute Gasteiger partial charge is 0.491 e. The zero-order valence-electron chi connectivity index (χ0n) is 20.5. The van der Waals surface area contributed by atoms with Gasteiger partial charge in [-0.2, -0.15) is 0 Å². The van der Waals surface area contributed by atoms with Crippen molar-refractivity contribution in [1.29, 1.82) is 0 Å². The van der Waals surface area contributed by atoms with E-state index in [1.165, 1.54) is 0 Å². The Labute approximate surface area is 212 Å². The molecule has 7 heteroatoms. The number of rotatable bonds is 10. The molecule has 2 aromatic rings. The molecule has 2 aliphatic heterocycles. The molecule has 0 N–H and O–H groups in total. The minimum atomic E-state index is -0.340. The van der Waals surface area contributed by atoms with Gasteiger partial charge in [-0.1, -0.05) is 36.4 Å². The fourth-order valence-corrected chi connectivity index (χ4v) is 5.58. The van der Waals surface area contributed by atoms with E-state index in [1.807, 2.05) is 48.5 Å². The Morgan fingerprint density at radius 3 is 2.56 bits per heavy atom. The molecular formula is C29H34O7. The van der Waals surface area contributed by atoms with Crippen molar-refractivity contribution in [2.45, 2.75) is 69.5 Å². The standard InChI is InChI=1S/C29H34O7/c30-27-17-24-23(25(18-26(24)35-27)36-29(31)20-9-3-1-4-10-20)15-14-22(34-28-13-7-8-16-32-28)19-33-21-11-5-2-6-12-21/h1-6,9-12,22-26,28H,7-8,13-19H2/t22?,23-,24-,25-,26+,28?/m1/s1. The molecule has 5 rings (SSSR count). The Morgan fingerprint density at radius 1 is 1.03 bits per heavy atom. The highest BCUT2D eigenvalue weighted by molar-refractivity contribution is 5.89. The van der Waals surface area contributed by atoms with Crippen molar-refractivity contribution in [1.82, 2.24) is 0 Å². The zero-order valence-corrected chi connectivity index (χ0v) is 20.5. The maximum atomic E-state index is 12.8. The molecule has 2 heterocycles. The second-order valence-corrected chi connectivity index (χ2v) is 9.86. The van der Waals surface area contributed by atoms with E-state index in [4.69, 9.17) is 23.7 Å².